The molecule has 2 N–H and O–H groups in total. The molecule has 142 valence electrons. The van der Waals surface area contributed by atoms with Crippen molar-refractivity contribution < 1.29 is 14.4 Å². The van der Waals surface area contributed by atoms with Crippen LogP contribution in [0.25, 0.3) is 0 Å². The van der Waals surface area contributed by atoms with Crippen molar-refractivity contribution in [2.45, 2.75) is 45.2 Å². The first-order chi connectivity index (χ1) is 12.0. The lowest BCUT2D eigenvalue weighted by molar-refractivity contribution is -0.139. The number of imide groups is 1. The average Bonchev–Trinajstić information content (AvgIpc) is 2.94. The van der Waals surface area contributed by atoms with Gasteiger partial charge >= 0.3 is 0 Å². The van der Waals surface area contributed by atoms with E-state index in [0.29, 0.717) is 24.3 Å². The number of hydrogen-bond donors (Lipinski definition) is 1. The Morgan fingerprint density at radius 3 is 2.15 bits per heavy atom. The number of piperidine rings is 1. The molecule has 0 radical (unpaired) electrons. The Bertz CT molecular complexity index is 651. The molecule has 1 atom stereocenters. The van der Waals surface area contributed by atoms with Crippen LogP contribution in [-0.4, -0.2) is 46.7 Å². The zero-order valence-corrected chi connectivity index (χ0v) is 15.8. The van der Waals surface area contributed by atoms with Crippen LogP contribution in [0.3, 0.4) is 0 Å². The van der Waals surface area contributed by atoms with Gasteiger partial charge in [0.1, 0.15) is 0 Å². The van der Waals surface area contributed by atoms with E-state index in [2.05, 4.69) is 0 Å². The van der Waals surface area contributed by atoms with Gasteiger partial charge in [0.25, 0.3) is 5.91 Å². The first-order valence-electron chi connectivity index (χ1n) is 8.92. The van der Waals surface area contributed by atoms with E-state index < -0.39 is 0 Å². The molecule has 0 saturated carbocycles. The maximum absolute atomic E-state index is 12.6. The average molecular weight is 380 g/mol. The maximum Gasteiger partial charge on any atom is 0.253 e. The summed E-state index contributed by atoms with van der Waals surface area (Å²) in [5.41, 5.74) is 7.45. The number of rotatable bonds is 4. The van der Waals surface area contributed by atoms with Crippen LogP contribution in [0.1, 0.15) is 48.5 Å². The monoisotopic (exact) mass is 379 g/mol. The minimum absolute atomic E-state index is 0. The summed E-state index contributed by atoms with van der Waals surface area (Å²) in [6.07, 6.45) is 2.49. The molecule has 2 saturated heterocycles. The molecule has 0 spiro atoms. The number of halogens is 1. The number of benzene rings is 1. The van der Waals surface area contributed by atoms with Gasteiger partial charge < -0.3 is 10.6 Å². The third-order valence-corrected chi connectivity index (χ3v) is 5.27. The number of amides is 3. The van der Waals surface area contributed by atoms with Gasteiger partial charge in [-0.25, -0.2) is 0 Å². The molecule has 1 unspecified atom stereocenters. The Labute approximate surface area is 160 Å². The molecular weight excluding hydrogens is 354 g/mol. The first kappa shape index (κ1) is 20.4. The fourth-order valence-corrected chi connectivity index (χ4v) is 3.55. The zero-order valence-electron chi connectivity index (χ0n) is 15.0. The largest absolute Gasteiger partial charge is 0.339 e. The second-order valence-corrected chi connectivity index (χ2v) is 7.06. The fraction of sp³-hybridized carbons (Fsp3) is 0.526. The highest BCUT2D eigenvalue weighted by atomic mass is 35.5. The lowest BCUT2D eigenvalue weighted by atomic mass is 9.90. The minimum Gasteiger partial charge on any atom is -0.339 e. The Morgan fingerprint density at radius 1 is 1.12 bits per heavy atom. The normalized spacial score (nSPS) is 19.5. The van der Waals surface area contributed by atoms with E-state index in [-0.39, 0.29) is 42.7 Å². The molecule has 7 heteroatoms. The predicted molar refractivity (Wildman–Crippen MR) is 101 cm³/mol. The molecule has 1 aromatic rings. The van der Waals surface area contributed by atoms with E-state index in [1.165, 1.54) is 4.90 Å². The topological polar surface area (TPSA) is 83.7 Å². The first-order valence-corrected chi connectivity index (χ1v) is 8.92. The second kappa shape index (κ2) is 8.64. The van der Waals surface area contributed by atoms with Crippen LogP contribution in [0, 0.1) is 5.92 Å². The molecule has 3 rings (SSSR count). The van der Waals surface area contributed by atoms with Crippen LogP contribution >= 0.6 is 12.4 Å². The Morgan fingerprint density at radius 2 is 1.65 bits per heavy atom. The van der Waals surface area contributed by atoms with Crippen LogP contribution < -0.4 is 5.73 Å². The molecule has 2 fully saturated rings. The number of nitrogens with two attached hydrogens (primary N) is 1. The Kier molecular flexibility index (Phi) is 6.78. The van der Waals surface area contributed by atoms with Crippen molar-refractivity contribution in [1.82, 2.24) is 9.80 Å². The summed E-state index contributed by atoms with van der Waals surface area (Å²) in [4.78, 5) is 39.1. The predicted octanol–water partition coefficient (Wildman–Crippen LogP) is 1.96. The van der Waals surface area contributed by atoms with Gasteiger partial charge in [0.2, 0.25) is 11.8 Å². The van der Waals surface area contributed by atoms with Crippen molar-refractivity contribution in [1.29, 1.82) is 0 Å². The molecule has 2 aliphatic rings. The molecule has 2 heterocycles. The number of hydrogen-bond acceptors (Lipinski definition) is 4. The highest BCUT2D eigenvalue weighted by Gasteiger charge is 2.29. The smallest absolute Gasteiger partial charge is 0.253 e. The maximum atomic E-state index is 12.6. The number of likely N-dealkylation sites (tertiary alicyclic amines) is 2. The van der Waals surface area contributed by atoms with Gasteiger partial charge in [0.15, 0.2) is 0 Å². The summed E-state index contributed by atoms with van der Waals surface area (Å²) in [5.74, 6) is 0.272. The van der Waals surface area contributed by atoms with Gasteiger partial charge in [0, 0.05) is 37.5 Å². The van der Waals surface area contributed by atoms with Crippen molar-refractivity contribution in [3.63, 3.8) is 0 Å². The zero-order chi connectivity index (χ0) is 18.0. The Balaban J connectivity index is 0.00000243. The molecule has 0 aliphatic carbocycles. The molecule has 26 heavy (non-hydrogen) atoms. The van der Waals surface area contributed by atoms with Gasteiger partial charge in [-0.2, -0.15) is 0 Å². The van der Waals surface area contributed by atoms with Crippen molar-refractivity contribution in [3.8, 4) is 0 Å². The van der Waals surface area contributed by atoms with Gasteiger partial charge in [-0.3, -0.25) is 19.3 Å². The van der Waals surface area contributed by atoms with Crippen LogP contribution in [0.4, 0.5) is 0 Å². The molecule has 1 aromatic carbocycles. The van der Waals surface area contributed by atoms with E-state index in [9.17, 15) is 14.4 Å². The summed E-state index contributed by atoms with van der Waals surface area (Å²) in [6.45, 7) is 3.79. The van der Waals surface area contributed by atoms with Crippen LogP contribution in [0.15, 0.2) is 24.3 Å². The fourth-order valence-electron chi connectivity index (χ4n) is 3.55. The van der Waals surface area contributed by atoms with Crippen molar-refractivity contribution in [2.75, 3.05) is 13.1 Å². The van der Waals surface area contributed by atoms with E-state index >= 15 is 0 Å². The molecule has 0 aromatic heterocycles. The number of nitrogens with zero attached hydrogens (tertiary/aromatic N) is 2. The van der Waals surface area contributed by atoms with E-state index in [1.807, 2.05) is 24.0 Å². The summed E-state index contributed by atoms with van der Waals surface area (Å²) in [7, 11) is 0. The van der Waals surface area contributed by atoms with Crippen LogP contribution in [0.5, 0.6) is 0 Å². The standard InChI is InChI=1S/C19H25N3O3.ClH/c1-13(20)15-8-10-21(11-9-15)19(25)16-4-2-14(3-5-16)12-22-17(23)6-7-18(22)24;/h2-5,13,15H,6-12,20H2,1H3;1H. The third-order valence-electron chi connectivity index (χ3n) is 5.27. The Hall–Kier alpha value is -1.92. The highest BCUT2D eigenvalue weighted by molar-refractivity contribution is 6.01. The second-order valence-electron chi connectivity index (χ2n) is 7.06. The quantitative estimate of drug-likeness (QED) is 0.810. The summed E-state index contributed by atoms with van der Waals surface area (Å²) in [6, 6.07) is 7.37. The molecule has 6 nitrogen and oxygen atoms in total. The van der Waals surface area contributed by atoms with Gasteiger partial charge in [-0.15, -0.1) is 12.4 Å². The lowest BCUT2D eigenvalue weighted by Gasteiger charge is -2.33. The highest BCUT2D eigenvalue weighted by Crippen LogP contribution is 2.22. The van der Waals surface area contributed by atoms with Gasteiger partial charge in [-0.1, -0.05) is 12.1 Å². The minimum atomic E-state index is -0.123. The van der Waals surface area contributed by atoms with E-state index in [0.717, 1.165) is 31.5 Å². The summed E-state index contributed by atoms with van der Waals surface area (Å²) in [5, 5.41) is 0. The molecule has 3 amide bonds. The molecule has 0 bridgehead atoms. The SMILES string of the molecule is CC(N)C1CCN(C(=O)c2ccc(CN3C(=O)CCC3=O)cc2)CC1.Cl. The van der Waals surface area contributed by atoms with Crippen molar-refractivity contribution in [2.24, 2.45) is 11.7 Å². The molecule has 2 aliphatic heterocycles. The van der Waals surface area contributed by atoms with Crippen LogP contribution in [-0.2, 0) is 16.1 Å². The number of carbonyl (C=O) groups excluding carboxylic acids is 3. The van der Waals surface area contributed by atoms with Crippen LogP contribution in [0.2, 0.25) is 0 Å². The lowest BCUT2D eigenvalue weighted by Crippen LogP contribution is -2.42. The summed E-state index contributed by atoms with van der Waals surface area (Å²) < 4.78 is 0. The van der Waals surface area contributed by atoms with Crippen molar-refractivity contribution >= 4 is 30.1 Å². The van der Waals surface area contributed by atoms with E-state index in [4.69, 9.17) is 5.73 Å². The third kappa shape index (κ3) is 4.43. The molecular formula is C19H26ClN3O3. The van der Waals surface area contributed by atoms with Gasteiger partial charge in [-0.05, 0) is 43.4 Å². The van der Waals surface area contributed by atoms with E-state index in [1.54, 1.807) is 12.1 Å². The van der Waals surface area contributed by atoms with Crippen molar-refractivity contribution in [3.05, 3.63) is 35.4 Å². The van der Waals surface area contributed by atoms with Gasteiger partial charge in [0.05, 0.1) is 6.54 Å². The summed E-state index contributed by atoms with van der Waals surface area (Å²) >= 11 is 0. The number of carbonyl (C=O) groups is 3.